The van der Waals surface area contributed by atoms with E-state index < -0.39 is 0 Å². The van der Waals surface area contributed by atoms with E-state index in [2.05, 4.69) is 4.90 Å². The van der Waals surface area contributed by atoms with Crippen LogP contribution in [0.15, 0.2) is 24.3 Å². The van der Waals surface area contributed by atoms with Crippen LogP contribution in [0.5, 0.6) is 0 Å². The van der Waals surface area contributed by atoms with Gasteiger partial charge in [-0.1, -0.05) is 12.1 Å². The Balaban J connectivity index is 2.24. The number of piperidine rings is 1. The molecule has 2 rings (SSSR count). The lowest BCUT2D eigenvalue weighted by Gasteiger charge is -2.32. The molecule has 1 N–H and O–H groups in total. The van der Waals surface area contributed by atoms with E-state index in [-0.39, 0.29) is 6.10 Å². The molecule has 1 heterocycles. The number of benzene rings is 1. The number of carbonyl (C=O) groups excluding carboxylic acids is 1. The lowest BCUT2D eigenvalue weighted by atomic mass is 10.1. The van der Waals surface area contributed by atoms with E-state index in [9.17, 15) is 9.90 Å². The van der Waals surface area contributed by atoms with Gasteiger partial charge in [-0.15, -0.1) is 0 Å². The number of rotatable bonds is 2. The average molecular weight is 205 g/mol. The van der Waals surface area contributed by atoms with Gasteiger partial charge in [-0.25, -0.2) is 0 Å². The monoisotopic (exact) mass is 205 g/mol. The molecule has 1 aromatic rings. The van der Waals surface area contributed by atoms with Crippen molar-refractivity contribution in [3.8, 4) is 0 Å². The number of carbonyl (C=O) groups is 1. The third-order valence-electron chi connectivity index (χ3n) is 2.80. The molecule has 1 atom stereocenters. The Morgan fingerprint density at radius 2 is 2.20 bits per heavy atom. The minimum Gasteiger partial charge on any atom is -0.391 e. The molecule has 0 saturated carbocycles. The van der Waals surface area contributed by atoms with Crippen molar-refractivity contribution in [2.75, 3.05) is 18.0 Å². The zero-order valence-corrected chi connectivity index (χ0v) is 8.60. The maximum atomic E-state index is 10.9. The largest absolute Gasteiger partial charge is 0.391 e. The normalized spacial score (nSPS) is 21.4. The Morgan fingerprint density at radius 3 is 2.93 bits per heavy atom. The van der Waals surface area contributed by atoms with Crippen molar-refractivity contribution in [3.05, 3.63) is 29.8 Å². The molecule has 3 nitrogen and oxygen atoms in total. The number of β-amino-alcohol motifs (C(OH)–C–C–N with tert-alkyl or cyclic N) is 1. The van der Waals surface area contributed by atoms with Gasteiger partial charge in [-0.3, -0.25) is 4.79 Å². The maximum Gasteiger partial charge on any atom is 0.152 e. The second-order valence-electron chi connectivity index (χ2n) is 3.92. The molecule has 1 aliphatic heterocycles. The molecule has 0 spiro atoms. The van der Waals surface area contributed by atoms with Gasteiger partial charge >= 0.3 is 0 Å². The summed E-state index contributed by atoms with van der Waals surface area (Å²) in [6, 6.07) is 7.52. The van der Waals surface area contributed by atoms with Gasteiger partial charge in [-0.2, -0.15) is 0 Å². The molecular formula is C12H15NO2. The summed E-state index contributed by atoms with van der Waals surface area (Å²) in [4.78, 5) is 12.9. The third kappa shape index (κ3) is 2.18. The summed E-state index contributed by atoms with van der Waals surface area (Å²) in [6.07, 6.45) is 2.45. The summed E-state index contributed by atoms with van der Waals surface area (Å²) in [6.45, 7) is 1.55. The van der Waals surface area contributed by atoms with E-state index in [0.29, 0.717) is 12.1 Å². The first-order chi connectivity index (χ1) is 7.31. The average Bonchev–Trinajstić information content (AvgIpc) is 2.29. The Bertz CT molecular complexity index is 351. The highest BCUT2D eigenvalue weighted by molar-refractivity contribution is 5.84. The zero-order valence-electron chi connectivity index (χ0n) is 8.60. The molecule has 1 aromatic carbocycles. The number of hydrogen-bond donors (Lipinski definition) is 1. The molecule has 1 unspecified atom stereocenters. The van der Waals surface area contributed by atoms with Crippen LogP contribution in [0.1, 0.15) is 23.2 Å². The van der Waals surface area contributed by atoms with Crippen LogP contribution in [0.3, 0.4) is 0 Å². The Labute approximate surface area is 89.3 Å². The van der Waals surface area contributed by atoms with E-state index in [0.717, 1.165) is 31.4 Å². The van der Waals surface area contributed by atoms with Crippen LogP contribution in [0.25, 0.3) is 0 Å². The third-order valence-corrected chi connectivity index (χ3v) is 2.80. The van der Waals surface area contributed by atoms with Crippen molar-refractivity contribution in [2.24, 2.45) is 0 Å². The van der Waals surface area contributed by atoms with E-state index in [1.54, 1.807) is 0 Å². The summed E-state index contributed by atoms with van der Waals surface area (Å²) in [5.74, 6) is 0. The Morgan fingerprint density at radius 1 is 1.40 bits per heavy atom. The number of hydrogen-bond acceptors (Lipinski definition) is 3. The maximum absolute atomic E-state index is 10.9. The van der Waals surface area contributed by atoms with Gasteiger partial charge in [-0.05, 0) is 25.0 Å². The summed E-state index contributed by atoms with van der Waals surface area (Å²) in [5.41, 5.74) is 1.64. The zero-order chi connectivity index (χ0) is 10.7. The van der Waals surface area contributed by atoms with E-state index >= 15 is 0 Å². The summed E-state index contributed by atoms with van der Waals surface area (Å²) in [5, 5.41) is 9.57. The molecular weight excluding hydrogens is 190 g/mol. The number of aldehydes is 1. The molecule has 1 saturated heterocycles. The fraction of sp³-hybridized carbons (Fsp3) is 0.417. The van der Waals surface area contributed by atoms with Crippen molar-refractivity contribution in [1.82, 2.24) is 0 Å². The van der Waals surface area contributed by atoms with Gasteiger partial charge in [0.25, 0.3) is 0 Å². The van der Waals surface area contributed by atoms with Gasteiger partial charge < -0.3 is 10.0 Å². The Kier molecular flexibility index (Phi) is 3.02. The molecule has 1 fully saturated rings. The Hall–Kier alpha value is -1.35. The molecule has 0 amide bonds. The van der Waals surface area contributed by atoms with Crippen LogP contribution < -0.4 is 4.90 Å². The smallest absolute Gasteiger partial charge is 0.152 e. The predicted molar refractivity (Wildman–Crippen MR) is 59.3 cm³/mol. The summed E-state index contributed by atoms with van der Waals surface area (Å²) >= 11 is 0. The van der Waals surface area contributed by atoms with Crippen molar-refractivity contribution in [3.63, 3.8) is 0 Å². The first-order valence-electron chi connectivity index (χ1n) is 5.28. The standard InChI is InChI=1S/C12H15NO2/c14-9-10-4-1-2-6-12(10)13-7-3-5-11(15)8-13/h1-2,4,6,9,11,15H,3,5,7-8H2. The highest BCUT2D eigenvalue weighted by atomic mass is 16.3. The number of anilines is 1. The highest BCUT2D eigenvalue weighted by Gasteiger charge is 2.19. The van der Waals surface area contributed by atoms with Crippen LogP contribution in [0, 0.1) is 0 Å². The number of nitrogens with zero attached hydrogens (tertiary/aromatic N) is 1. The lowest BCUT2D eigenvalue weighted by Crippen LogP contribution is -2.38. The lowest BCUT2D eigenvalue weighted by molar-refractivity contribution is 0.112. The van der Waals surface area contributed by atoms with Crippen LogP contribution in [-0.2, 0) is 0 Å². The van der Waals surface area contributed by atoms with Crippen LogP contribution >= 0.6 is 0 Å². The molecule has 3 heteroatoms. The fourth-order valence-electron chi connectivity index (χ4n) is 2.05. The first-order valence-corrected chi connectivity index (χ1v) is 5.28. The quantitative estimate of drug-likeness (QED) is 0.743. The van der Waals surface area contributed by atoms with Gasteiger partial charge in [0.2, 0.25) is 0 Å². The molecule has 15 heavy (non-hydrogen) atoms. The topological polar surface area (TPSA) is 40.5 Å². The number of para-hydroxylation sites is 1. The molecule has 0 bridgehead atoms. The predicted octanol–water partition coefficient (Wildman–Crippen LogP) is 1.46. The van der Waals surface area contributed by atoms with Crippen LogP contribution in [0.4, 0.5) is 5.69 Å². The number of aliphatic hydroxyl groups is 1. The van der Waals surface area contributed by atoms with Crippen LogP contribution in [-0.4, -0.2) is 30.6 Å². The van der Waals surface area contributed by atoms with Crippen molar-refractivity contribution >= 4 is 12.0 Å². The first kappa shape index (κ1) is 10.2. The minimum absolute atomic E-state index is 0.265. The van der Waals surface area contributed by atoms with E-state index in [1.807, 2.05) is 24.3 Å². The van der Waals surface area contributed by atoms with E-state index in [4.69, 9.17) is 0 Å². The SMILES string of the molecule is O=Cc1ccccc1N1CCCC(O)C1. The molecule has 0 aromatic heterocycles. The van der Waals surface area contributed by atoms with Gasteiger partial charge in [0.15, 0.2) is 6.29 Å². The van der Waals surface area contributed by atoms with Crippen molar-refractivity contribution in [2.45, 2.75) is 18.9 Å². The molecule has 0 aliphatic carbocycles. The van der Waals surface area contributed by atoms with Crippen molar-refractivity contribution in [1.29, 1.82) is 0 Å². The number of aliphatic hydroxyl groups excluding tert-OH is 1. The molecule has 1 aliphatic rings. The molecule has 80 valence electrons. The van der Waals surface area contributed by atoms with Crippen molar-refractivity contribution < 1.29 is 9.90 Å². The fourth-order valence-corrected chi connectivity index (χ4v) is 2.05. The van der Waals surface area contributed by atoms with E-state index in [1.165, 1.54) is 0 Å². The van der Waals surface area contributed by atoms with Gasteiger partial charge in [0, 0.05) is 24.3 Å². The summed E-state index contributed by atoms with van der Waals surface area (Å²) < 4.78 is 0. The highest BCUT2D eigenvalue weighted by Crippen LogP contribution is 2.22. The second kappa shape index (κ2) is 4.45. The van der Waals surface area contributed by atoms with Crippen LogP contribution in [0.2, 0.25) is 0 Å². The molecule has 0 radical (unpaired) electrons. The second-order valence-corrected chi connectivity index (χ2v) is 3.92. The van der Waals surface area contributed by atoms with Gasteiger partial charge in [0.1, 0.15) is 0 Å². The minimum atomic E-state index is -0.265. The summed E-state index contributed by atoms with van der Waals surface area (Å²) in [7, 11) is 0. The van der Waals surface area contributed by atoms with Gasteiger partial charge in [0.05, 0.1) is 6.10 Å².